The zero-order valence-electron chi connectivity index (χ0n) is 22.1. The number of carbonyl (C=O) groups excluding carboxylic acids is 1. The van der Waals surface area contributed by atoms with Crippen LogP contribution in [0.3, 0.4) is 0 Å². The maximum Gasteiger partial charge on any atom is 0.250 e. The van der Waals surface area contributed by atoms with Crippen molar-refractivity contribution in [3.63, 3.8) is 0 Å². The van der Waals surface area contributed by atoms with Gasteiger partial charge in [0.15, 0.2) is 0 Å². The molecule has 1 aromatic heterocycles. The zero-order chi connectivity index (χ0) is 26.6. The maximum absolute atomic E-state index is 11.1. The number of carbonyl (C=O) groups is 1. The SMILES string of the molecule is C=C(C)C(c1ccccc1)C1CCN(CCc2ccc(Oc3ccc(C(N)=O)cn3)cc2)CC1.C=CC. The number of nitrogens with two attached hydrogens (primary N) is 1. The molecule has 2 heterocycles. The summed E-state index contributed by atoms with van der Waals surface area (Å²) in [5.74, 6) is 1.77. The van der Waals surface area contributed by atoms with Crippen molar-refractivity contribution in [2.24, 2.45) is 11.7 Å². The summed E-state index contributed by atoms with van der Waals surface area (Å²) in [6, 6.07) is 22.2. The Morgan fingerprint density at radius 2 is 1.76 bits per heavy atom. The molecule has 5 heteroatoms. The fourth-order valence-electron chi connectivity index (χ4n) is 4.85. The number of primary amides is 1. The predicted molar refractivity (Wildman–Crippen MR) is 152 cm³/mol. The number of piperidine rings is 1. The van der Waals surface area contributed by atoms with Crippen molar-refractivity contribution >= 4 is 5.91 Å². The highest BCUT2D eigenvalue weighted by molar-refractivity contribution is 5.92. The minimum absolute atomic E-state index is 0.363. The molecule has 3 aromatic rings. The average molecular weight is 498 g/mol. The summed E-state index contributed by atoms with van der Waals surface area (Å²) in [5.41, 5.74) is 9.56. The number of likely N-dealkylation sites (tertiary alicyclic amines) is 1. The first-order chi connectivity index (χ1) is 17.9. The van der Waals surface area contributed by atoms with Crippen LogP contribution in [0.5, 0.6) is 11.6 Å². The normalized spacial score (nSPS) is 14.6. The molecule has 1 aliphatic rings. The molecule has 1 unspecified atom stereocenters. The van der Waals surface area contributed by atoms with Gasteiger partial charge in [0, 0.05) is 24.7 Å². The molecule has 1 saturated heterocycles. The van der Waals surface area contributed by atoms with Gasteiger partial charge in [0.25, 0.3) is 0 Å². The summed E-state index contributed by atoms with van der Waals surface area (Å²) < 4.78 is 5.77. The number of nitrogens with zero attached hydrogens (tertiary/aromatic N) is 2. The lowest BCUT2D eigenvalue weighted by Gasteiger charge is -2.36. The fourth-order valence-corrected chi connectivity index (χ4v) is 4.85. The van der Waals surface area contributed by atoms with E-state index in [1.807, 2.05) is 19.1 Å². The molecule has 37 heavy (non-hydrogen) atoms. The molecule has 4 rings (SSSR count). The van der Waals surface area contributed by atoms with E-state index in [2.05, 4.69) is 72.4 Å². The van der Waals surface area contributed by atoms with Gasteiger partial charge in [-0.25, -0.2) is 4.98 Å². The predicted octanol–water partition coefficient (Wildman–Crippen LogP) is 6.78. The molecule has 2 aromatic carbocycles. The molecule has 1 atom stereocenters. The summed E-state index contributed by atoms with van der Waals surface area (Å²) in [6.07, 6.45) is 6.61. The Bertz CT molecular complexity index is 1130. The first-order valence-electron chi connectivity index (χ1n) is 12.9. The summed E-state index contributed by atoms with van der Waals surface area (Å²) in [5, 5.41) is 0. The van der Waals surface area contributed by atoms with Crippen molar-refractivity contribution in [2.75, 3.05) is 19.6 Å². The van der Waals surface area contributed by atoms with E-state index >= 15 is 0 Å². The molecular weight excluding hydrogens is 458 g/mol. The molecule has 0 bridgehead atoms. The number of pyridine rings is 1. The van der Waals surface area contributed by atoms with Gasteiger partial charge in [0.1, 0.15) is 5.75 Å². The van der Waals surface area contributed by atoms with Crippen LogP contribution in [-0.2, 0) is 6.42 Å². The minimum Gasteiger partial charge on any atom is -0.439 e. The average Bonchev–Trinajstić information content (AvgIpc) is 2.90. The number of hydrogen-bond acceptors (Lipinski definition) is 4. The van der Waals surface area contributed by atoms with E-state index in [1.165, 1.54) is 35.7 Å². The second-order valence-electron chi connectivity index (χ2n) is 9.57. The molecule has 0 saturated carbocycles. The first kappa shape index (κ1) is 27.9. The van der Waals surface area contributed by atoms with Gasteiger partial charge in [-0.05, 0) is 81.4 Å². The van der Waals surface area contributed by atoms with E-state index in [9.17, 15) is 4.79 Å². The first-order valence-corrected chi connectivity index (χ1v) is 12.9. The highest BCUT2D eigenvalue weighted by Crippen LogP contribution is 2.37. The Morgan fingerprint density at radius 1 is 1.11 bits per heavy atom. The highest BCUT2D eigenvalue weighted by atomic mass is 16.5. The highest BCUT2D eigenvalue weighted by Gasteiger charge is 2.27. The van der Waals surface area contributed by atoms with Crippen LogP contribution in [0.2, 0.25) is 0 Å². The van der Waals surface area contributed by atoms with Crippen molar-refractivity contribution in [1.82, 2.24) is 9.88 Å². The van der Waals surface area contributed by atoms with Crippen LogP contribution in [0.25, 0.3) is 0 Å². The van der Waals surface area contributed by atoms with Gasteiger partial charge < -0.3 is 15.4 Å². The number of amides is 1. The molecule has 194 valence electrons. The zero-order valence-corrected chi connectivity index (χ0v) is 22.1. The van der Waals surface area contributed by atoms with Gasteiger partial charge in [-0.15, -0.1) is 6.58 Å². The van der Waals surface area contributed by atoms with Crippen molar-refractivity contribution in [3.8, 4) is 11.6 Å². The lowest BCUT2D eigenvalue weighted by atomic mass is 9.76. The van der Waals surface area contributed by atoms with E-state index in [-0.39, 0.29) is 0 Å². The van der Waals surface area contributed by atoms with Crippen LogP contribution in [0.15, 0.2) is 97.7 Å². The lowest BCUT2D eigenvalue weighted by molar-refractivity contribution is 0.1000. The van der Waals surface area contributed by atoms with Gasteiger partial charge in [-0.3, -0.25) is 4.79 Å². The van der Waals surface area contributed by atoms with E-state index in [0.717, 1.165) is 31.8 Å². The number of allylic oxidation sites excluding steroid dienone is 2. The monoisotopic (exact) mass is 497 g/mol. The molecule has 2 N–H and O–H groups in total. The third-order valence-electron chi connectivity index (χ3n) is 6.68. The lowest BCUT2D eigenvalue weighted by Crippen LogP contribution is -2.37. The molecule has 1 fully saturated rings. The molecule has 1 aliphatic heterocycles. The Hall–Kier alpha value is -3.70. The van der Waals surface area contributed by atoms with E-state index in [1.54, 1.807) is 18.2 Å². The molecule has 0 aliphatic carbocycles. The molecule has 0 spiro atoms. The number of rotatable bonds is 9. The number of benzene rings is 2. The quantitative estimate of drug-likeness (QED) is 0.331. The van der Waals surface area contributed by atoms with Gasteiger partial charge in [-0.1, -0.05) is 60.7 Å². The van der Waals surface area contributed by atoms with Crippen molar-refractivity contribution in [3.05, 3.63) is 114 Å². The van der Waals surface area contributed by atoms with Gasteiger partial charge in [0.2, 0.25) is 11.8 Å². The number of aromatic nitrogens is 1. The van der Waals surface area contributed by atoms with Crippen LogP contribution in [0, 0.1) is 5.92 Å². The van der Waals surface area contributed by atoms with Gasteiger partial charge >= 0.3 is 0 Å². The van der Waals surface area contributed by atoms with Crippen molar-refractivity contribution < 1.29 is 9.53 Å². The van der Waals surface area contributed by atoms with Crippen LogP contribution in [0.4, 0.5) is 0 Å². The molecule has 0 radical (unpaired) electrons. The van der Waals surface area contributed by atoms with Crippen LogP contribution in [-0.4, -0.2) is 35.4 Å². The second-order valence-corrected chi connectivity index (χ2v) is 9.57. The van der Waals surface area contributed by atoms with E-state index in [4.69, 9.17) is 10.5 Å². The second kappa shape index (κ2) is 14.1. The third-order valence-corrected chi connectivity index (χ3v) is 6.68. The van der Waals surface area contributed by atoms with Gasteiger partial charge in [0.05, 0.1) is 5.56 Å². The third kappa shape index (κ3) is 8.43. The molecule has 1 amide bonds. The van der Waals surface area contributed by atoms with Crippen LogP contribution < -0.4 is 10.5 Å². The fraction of sp³-hybridized carbons (Fsp3) is 0.312. The maximum atomic E-state index is 11.1. The largest absolute Gasteiger partial charge is 0.439 e. The van der Waals surface area contributed by atoms with Crippen molar-refractivity contribution in [2.45, 2.75) is 39.0 Å². The summed E-state index contributed by atoms with van der Waals surface area (Å²) >= 11 is 0. The van der Waals surface area contributed by atoms with Crippen molar-refractivity contribution in [1.29, 1.82) is 0 Å². The Labute approximate surface area is 221 Å². The number of hydrogen-bond donors (Lipinski definition) is 1. The molecular formula is C32H39N3O2. The van der Waals surface area contributed by atoms with Gasteiger partial charge in [-0.2, -0.15) is 0 Å². The Morgan fingerprint density at radius 3 is 2.30 bits per heavy atom. The Kier molecular flexibility index (Phi) is 10.7. The summed E-state index contributed by atoms with van der Waals surface area (Å²) in [6.45, 7) is 15.1. The standard InChI is InChI=1S/C29H33N3O2.C3H6/c1-21(2)28(23-6-4-3-5-7-23)24-15-18-32(19-16-24)17-14-22-8-11-26(12-9-22)34-27-13-10-25(20-31-27)29(30)33;1-3-2/h3-13,20,24,28H,1,14-19H2,2H3,(H2,30,33);3H,1H2,2H3. The van der Waals surface area contributed by atoms with E-state index in [0.29, 0.717) is 23.3 Å². The summed E-state index contributed by atoms with van der Waals surface area (Å²) in [4.78, 5) is 17.9. The minimum atomic E-state index is -0.500. The smallest absolute Gasteiger partial charge is 0.250 e. The number of ether oxygens (including phenoxy) is 1. The van der Waals surface area contributed by atoms with Crippen LogP contribution >= 0.6 is 0 Å². The summed E-state index contributed by atoms with van der Waals surface area (Å²) in [7, 11) is 0. The topological polar surface area (TPSA) is 68.5 Å². The van der Waals surface area contributed by atoms with Crippen LogP contribution in [0.1, 0.15) is 54.1 Å². The van der Waals surface area contributed by atoms with E-state index < -0.39 is 5.91 Å². The molecule has 5 nitrogen and oxygen atoms in total. The Balaban J connectivity index is 0.00000121.